The second-order valence-electron chi connectivity index (χ2n) is 6.09. The molecule has 2 aliphatic heterocycles. The van der Waals surface area contributed by atoms with Crippen LogP contribution in [-0.4, -0.2) is 42.5 Å². The molecule has 0 atom stereocenters. The van der Waals surface area contributed by atoms with Crippen molar-refractivity contribution in [3.8, 4) is 0 Å². The summed E-state index contributed by atoms with van der Waals surface area (Å²) in [6.45, 7) is 0. The Kier molecular flexibility index (Phi) is 3.38. The molecule has 0 saturated heterocycles. The van der Waals surface area contributed by atoms with E-state index in [0.29, 0.717) is 0 Å². The van der Waals surface area contributed by atoms with Crippen LogP contribution in [0.1, 0.15) is 22.8 Å². The van der Waals surface area contributed by atoms with Crippen molar-refractivity contribution in [2.45, 2.75) is 0 Å². The standard InChI is InChI=1S/C20H13N4.Sn/c1-2-14-10-16-5-6-18(23-16)12-20-8-7-19(24-20)11-17-4-3-15(22-17)9-13(1)21-14;/h1-7,9-12,22,24H;. The molecule has 117 valence electrons. The van der Waals surface area contributed by atoms with Crippen LogP contribution >= 0.6 is 0 Å². The van der Waals surface area contributed by atoms with E-state index in [2.05, 4.69) is 50.3 Å². The number of nitrogens with zero attached hydrogens (tertiary/aromatic N) is 2. The summed E-state index contributed by atoms with van der Waals surface area (Å²) in [5.74, 6) is 0. The van der Waals surface area contributed by atoms with Crippen LogP contribution in [0.25, 0.3) is 46.4 Å². The molecule has 25 heavy (non-hydrogen) atoms. The zero-order valence-corrected chi connectivity index (χ0v) is 16.1. The summed E-state index contributed by atoms with van der Waals surface area (Å²) < 4.78 is 1.29. The minimum atomic E-state index is 0.921. The summed E-state index contributed by atoms with van der Waals surface area (Å²) in [6, 6.07) is 14.6. The maximum atomic E-state index is 4.67. The van der Waals surface area contributed by atoms with Crippen LogP contribution in [0.2, 0.25) is 0 Å². The summed E-state index contributed by atoms with van der Waals surface area (Å²) in [4.78, 5) is 16.2. The van der Waals surface area contributed by atoms with Gasteiger partial charge in [0.15, 0.2) is 0 Å². The first-order chi connectivity index (χ1) is 12.2. The van der Waals surface area contributed by atoms with Gasteiger partial charge in [0.2, 0.25) is 0 Å². The summed E-state index contributed by atoms with van der Waals surface area (Å²) >= 11 is 1.38. The number of H-pyrrole nitrogens is 2. The summed E-state index contributed by atoms with van der Waals surface area (Å²) in [5, 5.41) is 0. The molecular formula is C20H13N4Sn. The Bertz CT molecular complexity index is 1210. The van der Waals surface area contributed by atoms with Crippen LogP contribution in [-0.2, 0) is 0 Å². The molecule has 0 fully saturated rings. The van der Waals surface area contributed by atoms with E-state index in [0.717, 1.165) is 44.8 Å². The number of hydrogen-bond donors (Lipinski definition) is 2. The normalized spacial score (nSPS) is 12.7. The third-order valence-corrected chi connectivity index (χ3v) is 5.35. The van der Waals surface area contributed by atoms with E-state index in [1.807, 2.05) is 36.4 Å². The molecule has 0 spiro atoms. The second-order valence-corrected chi connectivity index (χ2v) is 7.63. The number of rotatable bonds is 0. The third kappa shape index (κ3) is 2.93. The van der Waals surface area contributed by atoms with Crippen LogP contribution < -0.4 is 3.58 Å². The van der Waals surface area contributed by atoms with Crippen LogP contribution in [0, 0.1) is 0 Å². The van der Waals surface area contributed by atoms with E-state index in [1.54, 1.807) is 0 Å². The Hall–Kier alpha value is -2.60. The van der Waals surface area contributed by atoms with Crippen molar-refractivity contribution in [3.63, 3.8) is 0 Å². The monoisotopic (exact) mass is 429 g/mol. The Morgan fingerprint density at radius 1 is 0.600 bits per heavy atom. The zero-order valence-electron chi connectivity index (χ0n) is 13.2. The predicted octanol–water partition coefficient (Wildman–Crippen LogP) is 3.45. The van der Waals surface area contributed by atoms with Crippen LogP contribution in [0.5, 0.6) is 0 Å². The van der Waals surface area contributed by atoms with Gasteiger partial charge in [0.1, 0.15) is 0 Å². The number of hydrogen-bond acceptors (Lipinski definition) is 2. The van der Waals surface area contributed by atoms with Gasteiger partial charge in [-0.25, -0.2) is 0 Å². The average molecular weight is 428 g/mol. The summed E-state index contributed by atoms with van der Waals surface area (Å²) in [6.07, 6.45) is 8.10. The molecule has 5 heteroatoms. The Labute approximate surface area is 157 Å². The number of nitrogens with one attached hydrogen (secondary N) is 2. The van der Waals surface area contributed by atoms with Crippen LogP contribution in [0.4, 0.5) is 0 Å². The van der Waals surface area contributed by atoms with Crippen LogP contribution in [0.15, 0.2) is 42.5 Å². The van der Waals surface area contributed by atoms with Crippen LogP contribution in [0.3, 0.4) is 0 Å². The van der Waals surface area contributed by atoms with Gasteiger partial charge < -0.3 is 0 Å². The second kappa shape index (κ2) is 5.74. The van der Waals surface area contributed by atoms with Gasteiger partial charge in [-0.2, -0.15) is 0 Å². The van der Waals surface area contributed by atoms with Gasteiger partial charge >= 0.3 is 158 Å². The fraction of sp³-hybridized carbons (Fsp3) is 0. The van der Waals surface area contributed by atoms with Gasteiger partial charge in [0.25, 0.3) is 0 Å². The minimum absolute atomic E-state index is 0.921. The van der Waals surface area contributed by atoms with Crippen molar-refractivity contribution in [1.29, 1.82) is 0 Å². The van der Waals surface area contributed by atoms with Gasteiger partial charge in [-0.3, -0.25) is 0 Å². The molecule has 3 aromatic heterocycles. The molecule has 5 heterocycles. The average Bonchev–Trinajstić information content (AvgIpc) is 3.33. The van der Waals surface area contributed by atoms with E-state index in [-0.39, 0.29) is 0 Å². The SMILES string of the molecule is [Sn][c]1cc2cc3ccc(cc4nc(cc5nc(cc1[nH]2)C=C5)C=C4)[nH]3. The molecule has 3 radical (unpaired) electrons. The van der Waals surface area contributed by atoms with E-state index < -0.39 is 0 Å². The fourth-order valence-corrected chi connectivity index (χ4v) is 3.85. The van der Waals surface area contributed by atoms with Gasteiger partial charge in [0, 0.05) is 0 Å². The van der Waals surface area contributed by atoms with Crippen molar-refractivity contribution in [1.82, 2.24) is 19.9 Å². The maximum absolute atomic E-state index is 4.67. The molecule has 4 nitrogen and oxygen atoms in total. The van der Waals surface area contributed by atoms with Gasteiger partial charge in [0.05, 0.1) is 0 Å². The first kappa shape index (κ1) is 14.7. The Morgan fingerprint density at radius 2 is 1.20 bits per heavy atom. The fourth-order valence-electron chi connectivity index (χ4n) is 3.02. The van der Waals surface area contributed by atoms with Crippen molar-refractivity contribution in [2.24, 2.45) is 0 Å². The summed E-state index contributed by atoms with van der Waals surface area (Å²) in [7, 11) is 0. The number of aromatic amines is 2. The summed E-state index contributed by atoms with van der Waals surface area (Å²) in [5.41, 5.74) is 8.05. The molecule has 3 aromatic rings. The molecule has 8 bridgehead atoms. The molecule has 2 N–H and O–H groups in total. The number of aromatic nitrogens is 4. The van der Waals surface area contributed by atoms with Gasteiger partial charge in [-0.15, -0.1) is 0 Å². The third-order valence-electron chi connectivity index (χ3n) is 4.17. The predicted molar refractivity (Wildman–Crippen MR) is 104 cm³/mol. The van der Waals surface area contributed by atoms with Crippen molar-refractivity contribution >= 4 is 72.5 Å². The van der Waals surface area contributed by atoms with Crippen molar-refractivity contribution < 1.29 is 0 Å². The molecule has 0 saturated carbocycles. The molecule has 0 aromatic carbocycles. The van der Waals surface area contributed by atoms with E-state index in [4.69, 9.17) is 0 Å². The van der Waals surface area contributed by atoms with E-state index in [9.17, 15) is 0 Å². The van der Waals surface area contributed by atoms with E-state index >= 15 is 0 Å². The Morgan fingerprint density at radius 3 is 1.92 bits per heavy atom. The van der Waals surface area contributed by atoms with Gasteiger partial charge in [-0.1, -0.05) is 0 Å². The topological polar surface area (TPSA) is 57.4 Å². The molecule has 0 unspecified atom stereocenters. The zero-order chi connectivity index (χ0) is 16.8. The first-order valence-electron chi connectivity index (χ1n) is 8.01. The Balaban J connectivity index is 1.87. The molecular weight excluding hydrogens is 415 g/mol. The first-order valence-corrected chi connectivity index (χ1v) is 9.44. The number of fused-ring (bicyclic) bond motifs is 8. The molecule has 5 rings (SSSR count). The van der Waals surface area contributed by atoms with Gasteiger partial charge in [-0.05, 0) is 0 Å². The molecule has 0 aliphatic carbocycles. The molecule has 0 amide bonds. The molecule has 2 aliphatic rings. The van der Waals surface area contributed by atoms with Crippen molar-refractivity contribution in [2.75, 3.05) is 0 Å². The van der Waals surface area contributed by atoms with E-state index in [1.165, 1.54) is 26.1 Å². The van der Waals surface area contributed by atoms with Crippen molar-refractivity contribution in [3.05, 3.63) is 65.2 Å². The quantitative estimate of drug-likeness (QED) is 0.372.